The molecule has 0 amide bonds. The van der Waals surface area contributed by atoms with E-state index in [-0.39, 0.29) is 0 Å². The van der Waals surface area contributed by atoms with Gasteiger partial charge in [-0.25, -0.2) is 0 Å². The van der Waals surface area contributed by atoms with Gasteiger partial charge in [-0.3, -0.25) is 0 Å². The highest BCUT2D eigenvalue weighted by Gasteiger charge is 1.90. The first-order chi connectivity index (χ1) is 6.83. The van der Waals surface area contributed by atoms with Gasteiger partial charge in [0, 0.05) is 6.54 Å². The second-order valence-corrected chi connectivity index (χ2v) is 3.52. The van der Waals surface area contributed by atoms with Crippen LogP contribution in [0.3, 0.4) is 0 Å². The van der Waals surface area contributed by atoms with Crippen LogP contribution in [0.2, 0.25) is 0 Å². The Morgan fingerprint density at radius 1 is 1.21 bits per heavy atom. The van der Waals surface area contributed by atoms with Crippen LogP contribution in [0.25, 0.3) is 0 Å². The summed E-state index contributed by atoms with van der Waals surface area (Å²) in [6.07, 6.45) is 5.39. The third-order valence-corrected chi connectivity index (χ3v) is 2.17. The van der Waals surface area contributed by atoms with Gasteiger partial charge in [0.15, 0.2) is 0 Å². The minimum absolute atomic E-state index is 0.970. The first-order valence-electron chi connectivity index (χ1n) is 5.20. The van der Waals surface area contributed by atoms with Crippen molar-refractivity contribution in [2.75, 3.05) is 6.54 Å². The van der Waals surface area contributed by atoms with Crippen LogP contribution in [-0.4, -0.2) is 6.54 Å². The van der Waals surface area contributed by atoms with Crippen LogP contribution in [0.5, 0.6) is 0 Å². The molecule has 14 heavy (non-hydrogen) atoms. The largest absolute Gasteiger partial charge is 0.312 e. The first-order valence-corrected chi connectivity index (χ1v) is 5.20. The number of hydrogen-bond donors (Lipinski definition) is 1. The molecule has 1 N–H and O–H groups in total. The van der Waals surface area contributed by atoms with Crippen LogP contribution in [0.15, 0.2) is 36.4 Å². The maximum Gasteiger partial charge on any atom is 0.0205 e. The van der Waals surface area contributed by atoms with Gasteiger partial charge in [-0.1, -0.05) is 42.0 Å². The maximum absolute atomic E-state index is 3.40. The number of allylic oxidation sites excluding steroid dienone is 1. The summed E-state index contributed by atoms with van der Waals surface area (Å²) in [5, 5.41) is 3.40. The molecule has 0 atom stereocenters. The summed E-state index contributed by atoms with van der Waals surface area (Å²) < 4.78 is 0. The Labute approximate surface area is 86.8 Å². The molecule has 1 heteroatoms. The standard InChI is InChI=1S/C13H19N/c1-3-4-5-10-14-11-13-8-6-12(2)7-9-13/h3-4,6-9,14H,5,10-11H2,1-2H3/b4-3+. The van der Waals surface area contributed by atoms with Crippen molar-refractivity contribution in [3.05, 3.63) is 47.5 Å². The van der Waals surface area contributed by atoms with Gasteiger partial charge in [-0.05, 0) is 32.4 Å². The van der Waals surface area contributed by atoms with E-state index in [9.17, 15) is 0 Å². The van der Waals surface area contributed by atoms with Crippen LogP contribution in [0.1, 0.15) is 24.5 Å². The molecule has 1 nitrogen and oxygen atoms in total. The molecule has 76 valence electrons. The Morgan fingerprint density at radius 2 is 1.93 bits per heavy atom. The van der Waals surface area contributed by atoms with Crippen LogP contribution in [0, 0.1) is 6.92 Å². The summed E-state index contributed by atoms with van der Waals surface area (Å²) in [6, 6.07) is 8.67. The minimum atomic E-state index is 0.970. The molecular weight excluding hydrogens is 170 g/mol. The lowest BCUT2D eigenvalue weighted by molar-refractivity contribution is 0.695. The van der Waals surface area contributed by atoms with Crippen LogP contribution in [-0.2, 0) is 6.54 Å². The van der Waals surface area contributed by atoms with Crippen molar-refractivity contribution >= 4 is 0 Å². The zero-order valence-corrected chi connectivity index (χ0v) is 9.09. The second kappa shape index (κ2) is 6.39. The van der Waals surface area contributed by atoms with Crippen LogP contribution in [0.4, 0.5) is 0 Å². The van der Waals surface area contributed by atoms with Gasteiger partial charge in [0.2, 0.25) is 0 Å². The predicted molar refractivity (Wildman–Crippen MR) is 62.3 cm³/mol. The highest BCUT2D eigenvalue weighted by Crippen LogP contribution is 2.02. The number of hydrogen-bond acceptors (Lipinski definition) is 1. The summed E-state index contributed by atoms with van der Waals surface area (Å²) in [6.45, 7) is 6.19. The summed E-state index contributed by atoms with van der Waals surface area (Å²) in [7, 11) is 0. The zero-order chi connectivity index (χ0) is 10.2. The first kappa shape index (κ1) is 11.0. The van der Waals surface area contributed by atoms with Gasteiger partial charge in [0.05, 0.1) is 0 Å². The fourth-order valence-electron chi connectivity index (χ4n) is 1.29. The fourth-order valence-corrected chi connectivity index (χ4v) is 1.29. The minimum Gasteiger partial charge on any atom is -0.312 e. The third-order valence-electron chi connectivity index (χ3n) is 2.17. The topological polar surface area (TPSA) is 12.0 Å². The van der Waals surface area contributed by atoms with Crippen molar-refractivity contribution < 1.29 is 0 Å². The Kier molecular flexibility index (Phi) is 5.02. The highest BCUT2D eigenvalue weighted by atomic mass is 14.8. The molecule has 0 aliphatic carbocycles. The molecule has 0 saturated carbocycles. The molecule has 0 aliphatic heterocycles. The average Bonchev–Trinajstić information content (AvgIpc) is 2.21. The van der Waals surface area contributed by atoms with E-state index in [2.05, 4.69) is 55.6 Å². The van der Waals surface area contributed by atoms with Gasteiger partial charge in [-0.2, -0.15) is 0 Å². The molecule has 1 rings (SSSR count). The molecule has 0 fully saturated rings. The number of benzene rings is 1. The van der Waals surface area contributed by atoms with E-state index in [0.29, 0.717) is 0 Å². The summed E-state index contributed by atoms with van der Waals surface area (Å²) >= 11 is 0. The maximum atomic E-state index is 3.40. The molecule has 1 aromatic rings. The van der Waals surface area contributed by atoms with Gasteiger partial charge < -0.3 is 5.32 Å². The van der Waals surface area contributed by atoms with E-state index < -0.39 is 0 Å². The Hall–Kier alpha value is -1.08. The molecule has 0 unspecified atom stereocenters. The van der Waals surface area contributed by atoms with E-state index in [1.165, 1.54) is 11.1 Å². The quantitative estimate of drug-likeness (QED) is 0.554. The molecule has 0 spiro atoms. The lowest BCUT2D eigenvalue weighted by Crippen LogP contribution is -2.13. The smallest absolute Gasteiger partial charge is 0.0205 e. The van der Waals surface area contributed by atoms with Crippen molar-refractivity contribution in [1.82, 2.24) is 5.32 Å². The van der Waals surface area contributed by atoms with Gasteiger partial charge >= 0.3 is 0 Å². The number of aryl methyl sites for hydroxylation is 1. The normalized spacial score (nSPS) is 11.0. The zero-order valence-electron chi connectivity index (χ0n) is 9.09. The molecule has 0 radical (unpaired) electrons. The van der Waals surface area contributed by atoms with Crippen molar-refractivity contribution in [3.8, 4) is 0 Å². The summed E-state index contributed by atoms with van der Waals surface area (Å²) in [4.78, 5) is 0. The van der Waals surface area contributed by atoms with E-state index in [1.54, 1.807) is 0 Å². The lowest BCUT2D eigenvalue weighted by atomic mass is 10.1. The van der Waals surface area contributed by atoms with Crippen molar-refractivity contribution in [2.24, 2.45) is 0 Å². The van der Waals surface area contributed by atoms with E-state index in [1.807, 2.05) is 0 Å². The second-order valence-electron chi connectivity index (χ2n) is 3.52. The van der Waals surface area contributed by atoms with Crippen LogP contribution < -0.4 is 5.32 Å². The summed E-state index contributed by atoms with van der Waals surface area (Å²) in [5.74, 6) is 0. The van der Waals surface area contributed by atoms with Crippen molar-refractivity contribution in [1.29, 1.82) is 0 Å². The van der Waals surface area contributed by atoms with Crippen molar-refractivity contribution in [3.63, 3.8) is 0 Å². The Balaban J connectivity index is 2.21. The van der Waals surface area contributed by atoms with E-state index >= 15 is 0 Å². The fraction of sp³-hybridized carbons (Fsp3) is 0.385. The van der Waals surface area contributed by atoms with E-state index in [4.69, 9.17) is 0 Å². The molecular formula is C13H19N. The highest BCUT2D eigenvalue weighted by molar-refractivity contribution is 5.20. The van der Waals surface area contributed by atoms with Gasteiger partial charge in [-0.15, -0.1) is 0 Å². The molecule has 0 aliphatic rings. The van der Waals surface area contributed by atoms with Crippen molar-refractivity contribution in [2.45, 2.75) is 26.8 Å². The third kappa shape index (κ3) is 4.24. The molecule has 1 aromatic carbocycles. The lowest BCUT2D eigenvalue weighted by Gasteiger charge is -2.03. The Morgan fingerprint density at radius 3 is 2.57 bits per heavy atom. The van der Waals surface area contributed by atoms with E-state index in [0.717, 1.165) is 19.5 Å². The Bertz CT molecular complexity index is 272. The predicted octanol–water partition coefficient (Wildman–Crippen LogP) is 3.05. The van der Waals surface area contributed by atoms with Gasteiger partial charge in [0.25, 0.3) is 0 Å². The SMILES string of the molecule is C/C=C/CCNCc1ccc(C)cc1. The monoisotopic (exact) mass is 189 g/mol. The molecule has 0 saturated heterocycles. The average molecular weight is 189 g/mol. The molecule has 0 bridgehead atoms. The van der Waals surface area contributed by atoms with Gasteiger partial charge in [0.1, 0.15) is 0 Å². The van der Waals surface area contributed by atoms with Crippen LogP contribution >= 0.6 is 0 Å². The molecule has 0 heterocycles. The molecule has 0 aromatic heterocycles. The number of rotatable bonds is 5. The number of nitrogens with one attached hydrogen (secondary N) is 1. The summed E-state index contributed by atoms with van der Waals surface area (Å²) in [5.41, 5.74) is 2.68.